The molecule has 5 heteroatoms. The van der Waals surface area contributed by atoms with Crippen LogP contribution in [-0.2, 0) is 0 Å². The van der Waals surface area contributed by atoms with Crippen molar-refractivity contribution in [2.45, 2.75) is 32.7 Å². The number of halogens is 1. The second kappa shape index (κ2) is 7.05. The molecule has 24 heavy (non-hydrogen) atoms. The summed E-state index contributed by atoms with van der Waals surface area (Å²) in [5.41, 5.74) is 3.35. The van der Waals surface area contributed by atoms with Crippen LogP contribution in [-0.4, -0.2) is 21.9 Å². The summed E-state index contributed by atoms with van der Waals surface area (Å²) in [5, 5.41) is 3.68. The molecule has 2 aromatic carbocycles. The maximum absolute atomic E-state index is 12.2. The number of nitrogens with one attached hydrogen (secondary N) is 2. The van der Waals surface area contributed by atoms with E-state index in [4.69, 9.17) is 11.6 Å². The lowest BCUT2D eigenvalue weighted by atomic mass is 10.1. The number of rotatable bonds is 5. The SMILES string of the molecule is CCC[C@H](C)NC(=O)c1ccc(-c2nc3ccc(Cl)cc3[nH]2)cc1. The Kier molecular flexibility index (Phi) is 4.86. The van der Waals surface area contributed by atoms with E-state index in [1.807, 2.05) is 49.4 Å². The highest BCUT2D eigenvalue weighted by Crippen LogP contribution is 2.23. The van der Waals surface area contributed by atoms with Crippen molar-refractivity contribution in [3.8, 4) is 11.4 Å². The van der Waals surface area contributed by atoms with Crippen LogP contribution in [0.25, 0.3) is 22.4 Å². The van der Waals surface area contributed by atoms with E-state index in [1.54, 1.807) is 0 Å². The first-order valence-corrected chi connectivity index (χ1v) is 8.51. The Balaban J connectivity index is 1.79. The molecule has 0 radical (unpaired) electrons. The number of carbonyl (C=O) groups excluding carboxylic acids is 1. The summed E-state index contributed by atoms with van der Waals surface area (Å²) in [6.07, 6.45) is 2.03. The summed E-state index contributed by atoms with van der Waals surface area (Å²) in [4.78, 5) is 20.0. The van der Waals surface area contributed by atoms with Crippen LogP contribution >= 0.6 is 11.6 Å². The number of hydrogen-bond donors (Lipinski definition) is 2. The highest BCUT2D eigenvalue weighted by atomic mass is 35.5. The molecular formula is C19H20ClN3O. The minimum Gasteiger partial charge on any atom is -0.350 e. The molecule has 1 atom stereocenters. The van der Waals surface area contributed by atoms with Gasteiger partial charge in [0.15, 0.2) is 0 Å². The molecule has 1 heterocycles. The highest BCUT2D eigenvalue weighted by molar-refractivity contribution is 6.31. The van der Waals surface area contributed by atoms with Crippen molar-refractivity contribution in [2.75, 3.05) is 0 Å². The molecule has 2 N–H and O–H groups in total. The number of hydrogen-bond acceptors (Lipinski definition) is 2. The average molecular weight is 342 g/mol. The van der Waals surface area contributed by atoms with Crippen LogP contribution in [0, 0.1) is 0 Å². The molecule has 0 fully saturated rings. The molecular weight excluding hydrogens is 322 g/mol. The van der Waals surface area contributed by atoms with Crippen LogP contribution in [0.3, 0.4) is 0 Å². The van der Waals surface area contributed by atoms with E-state index in [1.165, 1.54) is 0 Å². The maximum Gasteiger partial charge on any atom is 0.251 e. The van der Waals surface area contributed by atoms with Gasteiger partial charge in [0.05, 0.1) is 11.0 Å². The van der Waals surface area contributed by atoms with Gasteiger partial charge >= 0.3 is 0 Å². The number of amides is 1. The lowest BCUT2D eigenvalue weighted by Crippen LogP contribution is -2.32. The molecule has 0 aliphatic rings. The van der Waals surface area contributed by atoms with Crippen LogP contribution in [0.15, 0.2) is 42.5 Å². The standard InChI is InChI=1S/C19H20ClN3O/c1-3-4-12(2)21-19(24)14-7-5-13(6-8-14)18-22-16-10-9-15(20)11-17(16)23-18/h5-12H,3-4H2,1-2H3,(H,21,24)(H,22,23)/t12-/m0/s1. The van der Waals surface area contributed by atoms with Crippen molar-refractivity contribution >= 4 is 28.5 Å². The Morgan fingerprint density at radius 3 is 2.71 bits per heavy atom. The first-order chi connectivity index (χ1) is 11.6. The van der Waals surface area contributed by atoms with Gasteiger partial charge in [-0.2, -0.15) is 0 Å². The Morgan fingerprint density at radius 2 is 2.00 bits per heavy atom. The molecule has 3 rings (SSSR count). The number of fused-ring (bicyclic) bond motifs is 1. The molecule has 0 saturated carbocycles. The number of aromatic amines is 1. The van der Waals surface area contributed by atoms with Crippen LogP contribution in [0.4, 0.5) is 0 Å². The molecule has 1 aromatic heterocycles. The zero-order valence-corrected chi connectivity index (χ0v) is 14.5. The fourth-order valence-electron chi connectivity index (χ4n) is 2.71. The lowest BCUT2D eigenvalue weighted by molar-refractivity contribution is 0.0938. The van der Waals surface area contributed by atoms with Crippen molar-refractivity contribution in [1.82, 2.24) is 15.3 Å². The van der Waals surface area contributed by atoms with Crippen LogP contribution in [0.2, 0.25) is 5.02 Å². The number of nitrogens with zero attached hydrogens (tertiary/aromatic N) is 1. The smallest absolute Gasteiger partial charge is 0.251 e. The van der Waals surface area contributed by atoms with Crippen LogP contribution in [0.1, 0.15) is 37.0 Å². The van der Waals surface area contributed by atoms with E-state index >= 15 is 0 Å². The molecule has 0 unspecified atom stereocenters. The fourth-order valence-corrected chi connectivity index (χ4v) is 2.88. The van der Waals surface area contributed by atoms with Crippen LogP contribution < -0.4 is 5.32 Å². The van der Waals surface area contributed by atoms with Crippen molar-refractivity contribution in [3.05, 3.63) is 53.1 Å². The number of carbonyl (C=O) groups is 1. The first kappa shape index (κ1) is 16.5. The third kappa shape index (κ3) is 3.60. The third-order valence-electron chi connectivity index (χ3n) is 3.96. The quantitative estimate of drug-likeness (QED) is 0.700. The predicted molar refractivity (Wildman–Crippen MR) is 98.4 cm³/mol. The second-order valence-electron chi connectivity index (χ2n) is 5.99. The highest BCUT2D eigenvalue weighted by Gasteiger charge is 2.10. The van der Waals surface area contributed by atoms with E-state index in [0.29, 0.717) is 10.6 Å². The molecule has 0 bridgehead atoms. The second-order valence-corrected chi connectivity index (χ2v) is 6.42. The van der Waals surface area contributed by atoms with Crippen molar-refractivity contribution in [3.63, 3.8) is 0 Å². The van der Waals surface area contributed by atoms with Gasteiger partial charge in [-0.1, -0.05) is 37.1 Å². The number of aromatic nitrogens is 2. The van der Waals surface area contributed by atoms with Gasteiger partial charge in [0.1, 0.15) is 5.82 Å². The molecule has 0 spiro atoms. The summed E-state index contributed by atoms with van der Waals surface area (Å²) >= 11 is 6.00. The summed E-state index contributed by atoms with van der Waals surface area (Å²) < 4.78 is 0. The Bertz CT molecular complexity index is 855. The van der Waals surface area contributed by atoms with Gasteiger partial charge in [-0.25, -0.2) is 4.98 Å². The number of benzene rings is 2. The molecule has 3 aromatic rings. The molecule has 0 aliphatic heterocycles. The number of imidazole rings is 1. The predicted octanol–water partition coefficient (Wildman–Crippen LogP) is 4.80. The van der Waals surface area contributed by atoms with Crippen molar-refractivity contribution < 1.29 is 4.79 Å². The summed E-state index contributed by atoms with van der Waals surface area (Å²) in [7, 11) is 0. The zero-order valence-electron chi connectivity index (χ0n) is 13.8. The van der Waals surface area contributed by atoms with Gasteiger partial charge in [-0.3, -0.25) is 4.79 Å². The van der Waals surface area contributed by atoms with Crippen molar-refractivity contribution in [2.24, 2.45) is 0 Å². The minimum atomic E-state index is -0.0427. The van der Waals surface area contributed by atoms with E-state index in [0.717, 1.165) is 35.3 Å². The van der Waals surface area contributed by atoms with Crippen LogP contribution in [0.5, 0.6) is 0 Å². The van der Waals surface area contributed by atoms with Gasteiger partial charge in [0.2, 0.25) is 0 Å². The van der Waals surface area contributed by atoms with E-state index in [2.05, 4.69) is 22.2 Å². The normalized spacial score (nSPS) is 12.3. The summed E-state index contributed by atoms with van der Waals surface area (Å²) in [5.74, 6) is 0.720. The fraction of sp³-hybridized carbons (Fsp3) is 0.263. The van der Waals surface area contributed by atoms with E-state index in [-0.39, 0.29) is 11.9 Å². The molecule has 124 valence electrons. The Morgan fingerprint density at radius 1 is 1.25 bits per heavy atom. The maximum atomic E-state index is 12.2. The Labute approximate surface area is 146 Å². The van der Waals surface area contributed by atoms with Gasteiger partial charge in [-0.05, 0) is 43.7 Å². The molecule has 0 saturated heterocycles. The summed E-state index contributed by atoms with van der Waals surface area (Å²) in [6.45, 7) is 4.13. The van der Waals surface area contributed by atoms with E-state index < -0.39 is 0 Å². The Hall–Kier alpha value is -2.33. The lowest BCUT2D eigenvalue weighted by Gasteiger charge is -2.12. The summed E-state index contributed by atoms with van der Waals surface area (Å²) in [6, 6.07) is 13.2. The van der Waals surface area contributed by atoms with Gasteiger partial charge in [0.25, 0.3) is 5.91 Å². The minimum absolute atomic E-state index is 0.0427. The third-order valence-corrected chi connectivity index (χ3v) is 4.20. The topological polar surface area (TPSA) is 57.8 Å². The first-order valence-electron chi connectivity index (χ1n) is 8.13. The van der Waals surface area contributed by atoms with E-state index in [9.17, 15) is 4.79 Å². The van der Waals surface area contributed by atoms with Crippen molar-refractivity contribution in [1.29, 1.82) is 0 Å². The largest absolute Gasteiger partial charge is 0.350 e. The zero-order chi connectivity index (χ0) is 17.1. The molecule has 4 nitrogen and oxygen atoms in total. The van der Waals surface area contributed by atoms with Gasteiger partial charge in [-0.15, -0.1) is 0 Å². The molecule has 1 amide bonds. The van der Waals surface area contributed by atoms with Gasteiger partial charge in [0, 0.05) is 22.2 Å². The number of H-pyrrole nitrogens is 1. The monoisotopic (exact) mass is 341 g/mol. The molecule has 0 aliphatic carbocycles. The average Bonchev–Trinajstić information content (AvgIpc) is 2.98. The van der Waals surface area contributed by atoms with Gasteiger partial charge < -0.3 is 10.3 Å².